The Labute approximate surface area is 126 Å². The van der Waals surface area contributed by atoms with Crippen molar-refractivity contribution in [2.45, 2.75) is 0 Å². The summed E-state index contributed by atoms with van der Waals surface area (Å²) in [6, 6.07) is 14.3. The number of aromatic nitrogens is 1. The maximum absolute atomic E-state index is 9.19. The molecule has 0 aliphatic heterocycles. The third-order valence-electron chi connectivity index (χ3n) is 3.07. The summed E-state index contributed by atoms with van der Waals surface area (Å²) in [7, 11) is 0. The van der Waals surface area contributed by atoms with Gasteiger partial charge >= 0.3 is 0 Å². The number of anilines is 1. The molecule has 3 rings (SSSR count). The van der Waals surface area contributed by atoms with Crippen LogP contribution in [0.25, 0.3) is 10.9 Å². The van der Waals surface area contributed by atoms with Crippen LogP contribution in [0.2, 0.25) is 5.02 Å². The van der Waals surface area contributed by atoms with Crippen LogP contribution in [0.3, 0.4) is 0 Å². The van der Waals surface area contributed by atoms with E-state index in [-0.39, 0.29) is 0 Å². The minimum atomic E-state index is 0.299. The van der Waals surface area contributed by atoms with Gasteiger partial charge in [-0.1, -0.05) is 17.7 Å². The number of nitriles is 1. The second-order valence-electron chi connectivity index (χ2n) is 4.38. The first-order valence-corrected chi connectivity index (χ1v) is 6.58. The van der Waals surface area contributed by atoms with Crippen LogP contribution < -0.4 is 10.5 Å². The number of fused-ring (bicyclic) bond motifs is 1. The molecular weight excluding hydrogens is 286 g/mol. The highest BCUT2D eigenvalue weighted by Crippen LogP contribution is 2.34. The van der Waals surface area contributed by atoms with Gasteiger partial charge in [-0.15, -0.1) is 0 Å². The predicted octanol–water partition coefficient (Wildman–Crippen LogP) is 4.13. The van der Waals surface area contributed by atoms with Gasteiger partial charge in [0.2, 0.25) is 0 Å². The Hall–Kier alpha value is -2.77. The van der Waals surface area contributed by atoms with Crippen LogP contribution in [0.4, 0.5) is 5.69 Å². The molecule has 1 aromatic heterocycles. The quantitative estimate of drug-likeness (QED) is 0.721. The summed E-state index contributed by atoms with van der Waals surface area (Å²) >= 11 is 6.00. The van der Waals surface area contributed by atoms with E-state index in [0.29, 0.717) is 33.3 Å². The molecule has 102 valence electrons. The fraction of sp³-hybridized carbons (Fsp3) is 0. The van der Waals surface area contributed by atoms with E-state index < -0.39 is 0 Å². The number of pyridine rings is 1. The highest BCUT2D eigenvalue weighted by molar-refractivity contribution is 6.31. The Morgan fingerprint density at radius 1 is 1.10 bits per heavy atom. The zero-order valence-corrected chi connectivity index (χ0v) is 11.6. The minimum Gasteiger partial charge on any atom is -0.455 e. The summed E-state index contributed by atoms with van der Waals surface area (Å²) in [6.45, 7) is 0. The maximum atomic E-state index is 9.19. The largest absolute Gasteiger partial charge is 0.455 e. The van der Waals surface area contributed by atoms with Crippen LogP contribution in [-0.4, -0.2) is 4.98 Å². The average Bonchev–Trinajstić information content (AvgIpc) is 2.51. The molecule has 0 bridgehead atoms. The van der Waals surface area contributed by atoms with E-state index >= 15 is 0 Å². The molecule has 0 fully saturated rings. The van der Waals surface area contributed by atoms with Crippen molar-refractivity contribution in [3.63, 3.8) is 0 Å². The van der Waals surface area contributed by atoms with E-state index in [2.05, 4.69) is 4.98 Å². The highest BCUT2D eigenvalue weighted by Gasteiger charge is 2.11. The van der Waals surface area contributed by atoms with Crippen LogP contribution in [0.1, 0.15) is 5.56 Å². The Kier molecular flexibility index (Phi) is 3.35. The molecule has 1 heterocycles. The third-order valence-corrected chi connectivity index (χ3v) is 3.38. The molecule has 0 radical (unpaired) electrons. The van der Waals surface area contributed by atoms with E-state index in [1.54, 1.807) is 42.6 Å². The topological polar surface area (TPSA) is 71.9 Å². The standard InChI is InChI=1S/C16H10ClN3O/c17-12-4-1-5-14(11(12)9-18)21-15-7-6-13(19)16-10(15)3-2-8-20-16/h1-8H,19H2. The van der Waals surface area contributed by atoms with Crippen LogP contribution in [0, 0.1) is 11.3 Å². The fourth-order valence-corrected chi connectivity index (χ4v) is 2.28. The molecule has 2 N–H and O–H groups in total. The molecule has 0 saturated heterocycles. The second-order valence-corrected chi connectivity index (χ2v) is 4.79. The molecule has 4 nitrogen and oxygen atoms in total. The zero-order valence-electron chi connectivity index (χ0n) is 10.9. The molecule has 3 aromatic rings. The van der Waals surface area contributed by atoms with Gasteiger partial charge < -0.3 is 10.5 Å². The molecule has 0 amide bonds. The number of nitrogens with two attached hydrogens (primary N) is 1. The summed E-state index contributed by atoms with van der Waals surface area (Å²) in [5, 5.41) is 10.3. The normalized spacial score (nSPS) is 10.3. The molecule has 0 aliphatic rings. The zero-order chi connectivity index (χ0) is 14.8. The van der Waals surface area contributed by atoms with Crippen molar-refractivity contribution in [1.29, 1.82) is 5.26 Å². The lowest BCUT2D eigenvalue weighted by molar-refractivity contribution is 0.487. The van der Waals surface area contributed by atoms with Crippen molar-refractivity contribution >= 4 is 28.2 Å². The first kappa shape index (κ1) is 13.2. The first-order chi connectivity index (χ1) is 10.2. The van der Waals surface area contributed by atoms with E-state index in [1.165, 1.54) is 0 Å². The van der Waals surface area contributed by atoms with Crippen molar-refractivity contribution in [3.05, 3.63) is 59.2 Å². The van der Waals surface area contributed by atoms with Crippen LogP contribution in [0.15, 0.2) is 48.7 Å². The maximum Gasteiger partial charge on any atom is 0.146 e. The van der Waals surface area contributed by atoms with Crippen molar-refractivity contribution < 1.29 is 4.74 Å². The lowest BCUT2D eigenvalue weighted by Crippen LogP contribution is -1.94. The molecule has 2 aromatic carbocycles. The van der Waals surface area contributed by atoms with E-state index in [0.717, 1.165) is 5.39 Å². The summed E-state index contributed by atoms with van der Waals surface area (Å²) in [5.74, 6) is 0.978. The number of benzene rings is 2. The Morgan fingerprint density at radius 2 is 1.95 bits per heavy atom. The van der Waals surface area contributed by atoms with Gasteiger partial charge in [0.05, 0.1) is 16.2 Å². The number of hydrogen-bond acceptors (Lipinski definition) is 4. The summed E-state index contributed by atoms with van der Waals surface area (Å²) in [5.41, 5.74) is 7.44. The van der Waals surface area contributed by atoms with Crippen molar-refractivity contribution in [2.75, 3.05) is 5.73 Å². The van der Waals surface area contributed by atoms with Gasteiger partial charge in [-0.2, -0.15) is 5.26 Å². The van der Waals surface area contributed by atoms with Crippen LogP contribution in [0.5, 0.6) is 11.5 Å². The van der Waals surface area contributed by atoms with Gasteiger partial charge in [0.15, 0.2) is 0 Å². The van der Waals surface area contributed by atoms with Crippen LogP contribution >= 0.6 is 11.6 Å². The van der Waals surface area contributed by atoms with E-state index in [4.69, 9.17) is 22.1 Å². The molecule has 0 spiro atoms. The van der Waals surface area contributed by atoms with Gasteiger partial charge in [0.1, 0.15) is 23.1 Å². The van der Waals surface area contributed by atoms with E-state index in [9.17, 15) is 5.26 Å². The first-order valence-electron chi connectivity index (χ1n) is 6.20. The highest BCUT2D eigenvalue weighted by atomic mass is 35.5. The van der Waals surface area contributed by atoms with Crippen molar-refractivity contribution in [2.24, 2.45) is 0 Å². The number of ether oxygens (including phenoxy) is 1. The van der Waals surface area contributed by atoms with Gasteiger partial charge in [0.25, 0.3) is 0 Å². The van der Waals surface area contributed by atoms with Gasteiger partial charge in [-0.3, -0.25) is 4.98 Å². The smallest absolute Gasteiger partial charge is 0.146 e. The van der Waals surface area contributed by atoms with Crippen molar-refractivity contribution in [3.8, 4) is 17.6 Å². The van der Waals surface area contributed by atoms with E-state index in [1.807, 2.05) is 12.1 Å². The molecule has 0 saturated carbocycles. The average molecular weight is 296 g/mol. The summed E-state index contributed by atoms with van der Waals surface area (Å²) in [4.78, 5) is 4.25. The van der Waals surface area contributed by atoms with Gasteiger partial charge in [0, 0.05) is 11.6 Å². The second kappa shape index (κ2) is 5.31. The lowest BCUT2D eigenvalue weighted by atomic mass is 10.1. The Bertz CT molecular complexity index is 871. The third kappa shape index (κ3) is 2.35. The lowest BCUT2D eigenvalue weighted by Gasteiger charge is -2.11. The monoisotopic (exact) mass is 295 g/mol. The molecule has 5 heteroatoms. The number of nitrogen functional groups attached to an aromatic ring is 1. The molecular formula is C16H10ClN3O. The number of hydrogen-bond donors (Lipinski definition) is 1. The minimum absolute atomic E-state index is 0.299. The fourth-order valence-electron chi connectivity index (χ4n) is 2.07. The molecule has 0 unspecified atom stereocenters. The van der Waals surface area contributed by atoms with Crippen molar-refractivity contribution in [1.82, 2.24) is 4.98 Å². The van der Waals surface area contributed by atoms with Gasteiger partial charge in [-0.25, -0.2) is 0 Å². The SMILES string of the molecule is N#Cc1c(Cl)cccc1Oc1ccc(N)c2ncccc12. The Morgan fingerprint density at radius 3 is 2.76 bits per heavy atom. The van der Waals surface area contributed by atoms with Crippen LogP contribution in [-0.2, 0) is 0 Å². The Balaban J connectivity index is 2.14. The predicted molar refractivity (Wildman–Crippen MR) is 82.4 cm³/mol. The number of halogens is 1. The molecule has 21 heavy (non-hydrogen) atoms. The molecule has 0 aliphatic carbocycles. The summed E-state index contributed by atoms with van der Waals surface area (Å²) < 4.78 is 5.85. The summed E-state index contributed by atoms with van der Waals surface area (Å²) in [6.07, 6.45) is 1.67. The number of nitrogens with zero attached hydrogens (tertiary/aromatic N) is 2. The van der Waals surface area contributed by atoms with Gasteiger partial charge in [-0.05, 0) is 36.4 Å². The molecule has 0 atom stereocenters. The number of rotatable bonds is 2.